The number of benzene rings is 1. The molecular formula is C21H24N2O4. The average Bonchev–Trinajstić information content (AvgIpc) is 2.84. The Hall–Kier alpha value is -2.63. The Balaban J connectivity index is 1.74. The van der Waals surface area contributed by atoms with Crippen LogP contribution in [0.25, 0.3) is 11.0 Å². The number of hydrogen-bond donors (Lipinski definition) is 1. The van der Waals surface area contributed by atoms with Gasteiger partial charge in [-0.25, -0.2) is 9.59 Å². The van der Waals surface area contributed by atoms with Crippen LogP contribution in [0, 0.1) is 19.8 Å². The molecule has 1 aliphatic carbocycles. The maximum atomic E-state index is 13.2. The summed E-state index contributed by atoms with van der Waals surface area (Å²) in [4.78, 5) is 39.1. The summed E-state index contributed by atoms with van der Waals surface area (Å²) in [7, 11) is 0. The largest absolute Gasteiger partial charge is 0.423 e. The minimum absolute atomic E-state index is 0.0732. The van der Waals surface area contributed by atoms with Gasteiger partial charge in [0.1, 0.15) is 11.1 Å². The van der Waals surface area contributed by atoms with Gasteiger partial charge in [0.05, 0.1) is 6.54 Å². The van der Waals surface area contributed by atoms with Crippen molar-refractivity contribution in [2.75, 3.05) is 0 Å². The molecule has 0 unspecified atom stereocenters. The molecule has 1 spiro atoms. The van der Waals surface area contributed by atoms with Gasteiger partial charge in [0.15, 0.2) is 0 Å². The molecule has 2 heterocycles. The normalized spacial score (nSPS) is 25.4. The molecule has 1 aromatic carbocycles. The highest BCUT2D eigenvalue weighted by atomic mass is 16.4. The van der Waals surface area contributed by atoms with Crippen molar-refractivity contribution < 1.29 is 14.0 Å². The fourth-order valence-electron chi connectivity index (χ4n) is 4.42. The Bertz CT molecular complexity index is 1010. The zero-order chi connectivity index (χ0) is 19.3. The van der Waals surface area contributed by atoms with Gasteiger partial charge in [-0.05, 0) is 61.4 Å². The summed E-state index contributed by atoms with van der Waals surface area (Å²) < 4.78 is 5.32. The van der Waals surface area contributed by atoms with Crippen molar-refractivity contribution in [2.24, 2.45) is 5.92 Å². The Kier molecular flexibility index (Phi) is 4.09. The second kappa shape index (κ2) is 6.22. The first-order chi connectivity index (χ1) is 12.8. The highest BCUT2D eigenvalue weighted by Crippen LogP contribution is 2.38. The SMILES string of the molecule is Cc1cc2oc(=O)cc(CN3C(=O)N[C@]4(CCCC[C@@H]4C)C3=O)c2cc1C. The van der Waals surface area contributed by atoms with Crippen LogP contribution in [0.5, 0.6) is 0 Å². The maximum Gasteiger partial charge on any atom is 0.336 e. The lowest BCUT2D eigenvalue weighted by Crippen LogP contribution is -2.53. The van der Waals surface area contributed by atoms with Crippen LogP contribution >= 0.6 is 0 Å². The standard InChI is InChI=1S/C21H24N2O4/c1-12-8-16-15(10-18(24)27-17(16)9-13(12)2)11-23-19(25)21(22-20(23)26)7-5-4-6-14(21)3/h8-10,14H,4-7,11H2,1-3H3,(H,22,26)/t14-,21-/m0/s1. The third kappa shape index (κ3) is 2.74. The zero-order valence-corrected chi connectivity index (χ0v) is 15.9. The molecule has 1 N–H and O–H groups in total. The van der Waals surface area contributed by atoms with E-state index in [4.69, 9.17) is 4.42 Å². The third-order valence-corrected chi connectivity index (χ3v) is 6.27. The first kappa shape index (κ1) is 17.8. The first-order valence-electron chi connectivity index (χ1n) is 9.50. The number of hydrogen-bond acceptors (Lipinski definition) is 4. The number of urea groups is 1. The van der Waals surface area contributed by atoms with Gasteiger partial charge in [0, 0.05) is 11.5 Å². The van der Waals surface area contributed by atoms with Crippen LogP contribution in [0.15, 0.2) is 27.4 Å². The number of rotatable bonds is 2. The van der Waals surface area contributed by atoms with E-state index in [9.17, 15) is 14.4 Å². The summed E-state index contributed by atoms with van der Waals surface area (Å²) >= 11 is 0. The number of imide groups is 1. The van der Waals surface area contributed by atoms with Crippen LogP contribution in [-0.2, 0) is 11.3 Å². The van der Waals surface area contributed by atoms with Crippen molar-refractivity contribution in [2.45, 2.75) is 58.5 Å². The quantitative estimate of drug-likeness (QED) is 0.651. The molecule has 1 aliphatic heterocycles. The van der Waals surface area contributed by atoms with Crippen LogP contribution in [-0.4, -0.2) is 22.4 Å². The van der Waals surface area contributed by atoms with E-state index in [0.29, 0.717) is 17.6 Å². The van der Waals surface area contributed by atoms with Crippen molar-refractivity contribution in [1.82, 2.24) is 10.2 Å². The van der Waals surface area contributed by atoms with Gasteiger partial charge in [-0.2, -0.15) is 0 Å². The first-order valence-corrected chi connectivity index (χ1v) is 9.50. The van der Waals surface area contributed by atoms with Crippen LogP contribution in [0.1, 0.15) is 49.3 Å². The third-order valence-electron chi connectivity index (χ3n) is 6.27. The monoisotopic (exact) mass is 368 g/mol. The van der Waals surface area contributed by atoms with E-state index in [2.05, 4.69) is 5.32 Å². The fraction of sp³-hybridized carbons (Fsp3) is 0.476. The Morgan fingerprint density at radius 2 is 1.89 bits per heavy atom. The van der Waals surface area contributed by atoms with E-state index in [-0.39, 0.29) is 24.4 Å². The predicted octanol–water partition coefficient (Wildman–Crippen LogP) is 3.41. The fourth-order valence-corrected chi connectivity index (χ4v) is 4.42. The van der Waals surface area contributed by atoms with E-state index in [1.54, 1.807) is 0 Å². The molecule has 2 fully saturated rings. The Labute approximate surface area is 157 Å². The summed E-state index contributed by atoms with van der Waals surface area (Å²) in [6.07, 6.45) is 3.61. The van der Waals surface area contributed by atoms with Crippen LogP contribution < -0.4 is 10.9 Å². The summed E-state index contributed by atoms with van der Waals surface area (Å²) in [5.41, 5.74) is 1.92. The second-order valence-electron chi connectivity index (χ2n) is 7.96. The number of carbonyl (C=O) groups excluding carboxylic acids is 2. The average molecular weight is 368 g/mol. The van der Waals surface area contributed by atoms with Crippen LogP contribution in [0.2, 0.25) is 0 Å². The van der Waals surface area contributed by atoms with Gasteiger partial charge >= 0.3 is 11.7 Å². The van der Waals surface area contributed by atoms with Gasteiger partial charge in [0.2, 0.25) is 0 Å². The molecular weight excluding hydrogens is 344 g/mol. The maximum absolute atomic E-state index is 13.2. The number of nitrogens with zero attached hydrogens (tertiary/aromatic N) is 1. The molecule has 2 atom stereocenters. The molecule has 2 aliphatic rings. The molecule has 1 saturated heterocycles. The minimum Gasteiger partial charge on any atom is -0.423 e. The molecule has 3 amide bonds. The molecule has 0 radical (unpaired) electrons. The second-order valence-corrected chi connectivity index (χ2v) is 7.96. The van der Waals surface area contributed by atoms with Crippen LogP contribution in [0.4, 0.5) is 4.79 Å². The highest BCUT2D eigenvalue weighted by Gasteiger charge is 2.54. The van der Waals surface area contributed by atoms with Gasteiger partial charge < -0.3 is 9.73 Å². The molecule has 6 heteroatoms. The number of aryl methyl sites for hydroxylation is 2. The molecule has 6 nitrogen and oxygen atoms in total. The number of amides is 3. The molecule has 27 heavy (non-hydrogen) atoms. The van der Waals surface area contributed by atoms with Gasteiger partial charge in [0.25, 0.3) is 5.91 Å². The molecule has 1 aromatic heterocycles. The lowest BCUT2D eigenvalue weighted by Gasteiger charge is -2.36. The van der Waals surface area contributed by atoms with E-state index < -0.39 is 11.2 Å². The number of fused-ring (bicyclic) bond motifs is 1. The zero-order valence-electron chi connectivity index (χ0n) is 15.9. The van der Waals surface area contributed by atoms with E-state index in [1.807, 2.05) is 32.9 Å². The van der Waals surface area contributed by atoms with Crippen molar-refractivity contribution in [1.29, 1.82) is 0 Å². The Morgan fingerprint density at radius 1 is 1.15 bits per heavy atom. The smallest absolute Gasteiger partial charge is 0.336 e. The van der Waals surface area contributed by atoms with Gasteiger partial charge in [-0.1, -0.05) is 19.8 Å². The van der Waals surface area contributed by atoms with Crippen LogP contribution in [0.3, 0.4) is 0 Å². The van der Waals surface area contributed by atoms with E-state index in [1.165, 1.54) is 11.0 Å². The summed E-state index contributed by atoms with van der Waals surface area (Å²) in [5.74, 6) is -0.0693. The van der Waals surface area contributed by atoms with Crippen molar-refractivity contribution in [3.05, 3.63) is 45.3 Å². The highest BCUT2D eigenvalue weighted by molar-refractivity contribution is 6.07. The van der Waals surface area contributed by atoms with Crippen molar-refractivity contribution in [3.63, 3.8) is 0 Å². The van der Waals surface area contributed by atoms with Gasteiger partial charge in [-0.3, -0.25) is 9.69 Å². The number of nitrogens with one attached hydrogen (secondary N) is 1. The van der Waals surface area contributed by atoms with E-state index >= 15 is 0 Å². The molecule has 142 valence electrons. The number of carbonyl (C=O) groups is 2. The molecule has 1 saturated carbocycles. The lowest BCUT2D eigenvalue weighted by atomic mass is 9.73. The van der Waals surface area contributed by atoms with E-state index in [0.717, 1.165) is 35.8 Å². The summed E-state index contributed by atoms with van der Waals surface area (Å²) in [6, 6.07) is 4.78. The predicted molar refractivity (Wildman–Crippen MR) is 101 cm³/mol. The van der Waals surface area contributed by atoms with Crippen molar-refractivity contribution >= 4 is 22.9 Å². The molecule has 0 bridgehead atoms. The van der Waals surface area contributed by atoms with Crippen molar-refractivity contribution in [3.8, 4) is 0 Å². The molecule has 2 aromatic rings. The lowest BCUT2D eigenvalue weighted by molar-refractivity contribution is -0.134. The summed E-state index contributed by atoms with van der Waals surface area (Å²) in [5, 5.41) is 3.72. The minimum atomic E-state index is -0.795. The molecule has 4 rings (SSSR count). The Morgan fingerprint density at radius 3 is 2.63 bits per heavy atom. The topological polar surface area (TPSA) is 79.6 Å². The van der Waals surface area contributed by atoms with Gasteiger partial charge in [-0.15, -0.1) is 0 Å². The summed E-state index contributed by atoms with van der Waals surface area (Å²) in [6.45, 7) is 6.03.